The first-order valence-electron chi connectivity index (χ1n) is 10.4. The highest BCUT2D eigenvalue weighted by molar-refractivity contribution is 7.44. The van der Waals surface area contributed by atoms with Crippen LogP contribution in [0.15, 0.2) is 30.3 Å². The standard InChI is InChI=1S/C19H26NO5P.C2H6/c1-13-14(2)24-17(12-23-26-20-10-6-9-16(20)11-22-26)18(13)25-19(21)15-7-4-3-5-8-15;1-2/h3-5,7-8,13-14,16-18H,6,9-12H2,1-2H3;1-2H3/t13-,14-,16?,17+,18-,26?;/m0./s1. The Morgan fingerprint density at radius 3 is 2.75 bits per heavy atom. The van der Waals surface area contributed by atoms with E-state index in [9.17, 15) is 4.79 Å². The monoisotopic (exact) mass is 409 g/mol. The van der Waals surface area contributed by atoms with Crippen LogP contribution in [0.2, 0.25) is 0 Å². The maximum atomic E-state index is 12.5. The van der Waals surface area contributed by atoms with Gasteiger partial charge in [-0.15, -0.1) is 0 Å². The fourth-order valence-electron chi connectivity index (χ4n) is 3.84. The SMILES string of the molecule is CC.C[C@@H]1[C@H](OC(=O)c2ccccc2)[C@@H](COP2OCC3CCCN32)O[C@H]1C. The minimum Gasteiger partial charge on any atom is -0.456 e. The van der Waals surface area contributed by atoms with E-state index in [2.05, 4.69) is 11.6 Å². The van der Waals surface area contributed by atoms with Crippen molar-refractivity contribution in [3.05, 3.63) is 35.9 Å². The lowest BCUT2D eigenvalue weighted by Gasteiger charge is -2.24. The molecule has 3 aliphatic rings. The third-order valence-electron chi connectivity index (χ3n) is 5.55. The molecule has 0 aromatic heterocycles. The zero-order chi connectivity index (χ0) is 20.1. The molecule has 6 nitrogen and oxygen atoms in total. The second kappa shape index (κ2) is 10.1. The molecule has 3 fully saturated rings. The van der Waals surface area contributed by atoms with Crippen molar-refractivity contribution in [3.8, 4) is 0 Å². The summed E-state index contributed by atoms with van der Waals surface area (Å²) in [6, 6.07) is 9.59. The van der Waals surface area contributed by atoms with E-state index in [0.29, 0.717) is 18.2 Å². The van der Waals surface area contributed by atoms with Crippen molar-refractivity contribution >= 4 is 14.5 Å². The maximum absolute atomic E-state index is 12.5. The van der Waals surface area contributed by atoms with Crippen LogP contribution in [0.3, 0.4) is 0 Å². The Morgan fingerprint density at radius 2 is 2.00 bits per heavy atom. The number of hydrogen-bond acceptors (Lipinski definition) is 6. The number of carbonyl (C=O) groups excluding carboxylic acids is 1. The summed E-state index contributed by atoms with van der Waals surface area (Å²) < 4.78 is 26.1. The van der Waals surface area contributed by atoms with Gasteiger partial charge >= 0.3 is 5.97 Å². The van der Waals surface area contributed by atoms with Crippen LogP contribution >= 0.6 is 8.53 Å². The molecule has 0 radical (unpaired) electrons. The average Bonchev–Trinajstić information content (AvgIpc) is 3.41. The molecule has 0 N–H and O–H groups in total. The number of carbonyl (C=O) groups is 1. The van der Waals surface area contributed by atoms with E-state index in [-0.39, 0.29) is 30.2 Å². The molecule has 156 valence electrons. The van der Waals surface area contributed by atoms with Crippen molar-refractivity contribution in [2.24, 2.45) is 5.92 Å². The zero-order valence-electron chi connectivity index (χ0n) is 17.2. The summed E-state index contributed by atoms with van der Waals surface area (Å²) in [5, 5.41) is 0. The minimum absolute atomic E-state index is 0.0222. The number of hydrogen-bond donors (Lipinski definition) is 0. The summed E-state index contributed by atoms with van der Waals surface area (Å²) in [4.78, 5) is 12.5. The van der Waals surface area contributed by atoms with Crippen LogP contribution in [0, 0.1) is 5.92 Å². The van der Waals surface area contributed by atoms with Crippen molar-refractivity contribution < 1.29 is 23.3 Å². The quantitative estimate of drug-likeness (QED) is 0.531. The van der Waals surface area contributed by atoms with Gasteiger partial charge in [-0.25, -0.2) is 9.46 Å². The second-order valence-corrected chi connectivity index (χ2v) is 8.77. The molecule has 3 heterocycles. The molecule has 7 heteroatoms. The average molecular weight is 409 g/mol. The number of nitrogens with zero attached hydrogens (tertiary/aromatic N) is 1. The number of benzene rings is 1. The van der Waals surface area contributed by atoms with E-state index in [1.54, 1.807) is 12.1 Å². The van der Waals surface area contributed by atoms with Crippen molar-refractivity contribution in [2.45, 2.75) is 64.9 Å². The molecule has 1 aromatic rings. The van der Waals surface area contributed by atoms with Gasteiger partial charge in [0.25, 0.3) is 8.53 Å². The van der Waals surface area contributed by atoms with Crippen molar-refractivity contribution in [3.63, 3.8) is 0 Å². The van der Waals surface area contributed by atoms with Gasteiger partial charge in [-0.2, -0.15) is 0 Å². The zero-order valence-corrected chi connectivity index (χ0v) is 18.1. The maximum Gasteiger partial charge on any atom is 0.338 e. The number of rotatable bonds is 5. The molecule has 0 bridgehead atoms. The Labute approximate surface area is 169 Å². The molecule has 0 spiro atoms. The predicted molar refractivity (Wildman–Crippen MR) is 109 cm³/mol. The highest BCUT2D eigenvalue weighted by Crippen LogP contribution is 2.53. The van der Waals surface area contributed by atoms with Gasteiger partial charge in [-0.05, 0) is 31.9 Å². The molecular weight excluding hydrogens is 377 g/mol. The molecular formula is C21H32NO5P. The Morgan fingerprint density at radius 1 is 1.25 bits per heavy atom. The van der Waals surface area contributed by atoms with Gasteiger partial charge in [0, 0.05) is 18.5 Å². The van der Waals surface area contributed by atoms with Crippen molar-refractivity contribution in [1.29, 1.82) is 0 Å². The molecule has 2 unspecified atom stereocenters. The van der Waals surface area contributed by atoms with Gasteiger partial charge in [-0.3, -0.25) is 0 Å². The highest BCUT2D eigenvalue weighted by atomic mass is 31.2. The molecule has 1 aromatic carbocycles. The number of ether oxygens (including phenoxy) is 2. The van der Waals surface area contributed by atoms with E-state index in [4.69, 9.17) is 18.5 Å². The Kier molecular flexibility index (Phi) is 7.84. The molecule has 6 atom stereocenters. The molecule has 3 aliphatic heterocycles. The molecule has 0 aliphatic carbocycles. The summed E-state index contributed by atoms with van der Waals surface area (Å²) in [5.74, 6) is -0.194. The summed E-state index contributed by atoms with van der Waals surface area (Å²) in [6.45, 7) is 10.3. The third kappa shape index (κ3) is 4.74. The van der Waals surface area contributed by atoms with E-state index in [1.807, 2.05) is 39.0 Å². The minimum atomic E-state index is -1.00. The van der Waals surface area contributed by atoms with E-state index >= 15 is 0 Å². The van der Waals surface area contributed by atoms with Gasteiger partial charge in [0.15, 0.2) is 0 Å². The summed E-state index contributed by atoms with van der Waals surface area (Å²) in [6.07, 6.45) is 1.84. The van der Waals surface area contributed by atoms with Crippen LogP contribution in [-0.4, -0.2) is 54.8 Å². The Bertz CT molecular complexity index is 630. The van der Waals surface area contributed by atoms with E-state index < -0.39 is 8.53 Å². The molecule has 28 heavy (non-hydrogen) atoms. The van der Waals surface area contributed by atoms with Crippen LogP contribution in [0.5, 0.6) is 0 Å². The van der Waals surface area contributed by atoms with Gasteiger partial charge in [-0.1, -0.05) is 39.0 Å². The lowest BCUT2D eigenvalue weighted by atomic mass is 9.99. The van der Waals surface area contributed by atoms with Gasteiger partial charge < -0.3 is 18.5 Å². The highest BCUT2D eigenvalue weighted by Gasteiger charge is 2.45. The normalized spacial score (nSPS) is 34.6. The molecule has 0 amide bonds. The Balaban J connectivity index is 0.00000109. The molecule has 0 saturated carbocycles. The van der Waals surface area contributed by atoms with Gasteiger partial charge in [0.1, 0.15) is 12.2 Å². The molecule has 4 rings (SSSR count). The van der Waals surface area contributed by atoms with Crippen LogP contribution in [0.25, 0.3) is 0 Å². The summed E-state index contributed by atoms with van der Waals surface area (Å²) in [7, 11) is -1.00. The summed E-state index contributed by atoms with van der Waals surface area (Å²) in [5.41, 5.74) is 0.558. The Hall–Kier alpha value is -1.04. The summed E-state index contributed by atoms with van der Waals surface area (Å²) >= 11 is 0. The van der Waals surface area contributed by atoms with Gasteiger partial charge in [0.2, 0.25) is 0 Å². The second-order valence-electron chi connectivity index (χ2n) is 7.26. The number of esters is 1. The lowest BCUT2D eigenvalue weighted by Crippen LogP contribution is -2.34. The number of fused-ring (bicyclic) bond motifs is 1. The lowest BCUT2D eigenvalue weighted by molar-refractivity contribution is -0.0279. The van der Waals surface area contributed by atoms with Gasteiger partial charge in [0.05, 0.1) is 24.9 Å². The van der Waals surface area contributed by atoms with E-state index in [0.717, 1.165) is 13.2 Å². The first-order valence-corrected chi connectivity index (χ1v) is 11.5. The first kappa shape index (κ1) is 21.7. The van der Waals surface area contributed by atoms with E-state index in [1.165, 1.54) is 12.8 Å². The van der Waals surface area contributed by atoms with Crippen molar-refractivity contribution in [2.75, 3.05) is 19.8 Å². The van der Waals surface area contributed by atoms with Crippen LogP contribution in [-0.2, 0) is 18.5 Å². The topological polar surface area (TPSA) is 57.2 Å². The predicted octanol–water partition coefficient (Wildman–Crippen LogP) is 4.40. The smallest absolute Gasteiger partial charge is 0.338 e. The first-order chi connectivity index (χ1) is 13.6. The van der Waals surface area contributed by atoms with Crippen LogP contribution in [0.1, 0.15) is 50.9 Å². The largest absolute Gasteiger partial charge is 0.456 e. The van der Waals surface area contributed by atoms with Crippen LogP contribution < -0.4 is 0 Å². The van der Waals surface area contributed by atoms with Crippen LogP contribution in [0.4, 0.5) is 0 Å². The fourth-order valence-corrected chi connectivity index (χ4v) is 5.54. The fraction of sp³-hybridized carbons (Fsp3) is 0.667. The third-order valence-corrected chi connectivity index (χ3v) is 7.24. The van der Waals surface area contributed by atoms with Crippen molar-refractivity contribution in [1.82, 2.24) is 4.67 Å². The molecule has 3 saturated heterocycles.